The predicted molar refractivity (Wildman–Crippen MR) is 123 cm³/mol. The highest BCUT2D eigenvalue weighted by atomic mass is 32.2. The Morgan fingerprint density at radius 2 is 1.89 bits per heavy atom. The first-order chi connectivity index (χ1) is 17.9. The Hall–Kier alpha value is -3.53. The summed E-state index contributed by atoms with van der Waals surface area (Å²) in [4.78, 5) is 19.2. The maximum atomic E-state index is 15.1. The molecule has 2 aliphatic rings. The van der Waals surface area contributed by atoms with Gasteiger partial charge < -0.3 is 14.2 Å². The lowest BCUT2D eigenvalue weighted by Crippen LogP contribution is -2.56. The first-order valence-electron chi connectivity index (χ1n) is 11.3. The van der Waals surface area contributed by atoms with Crippen LogP contribution >= 0.6 is 0 Å². The number of aromatic nitrogens is 2. The van der Waals surface area contributed by atoms with E-state index < -0.39 is 69.4 Å². The molecule has 0 saturated carbocycles. The normalized spacial score (nSPS) is 21.3. The summed E-state index contributed by atoms with van der Waals surface area (Å²) in [5.41, 5.74) is -1.19. The number of amides is 2. The predicted octanol–water partition coefficient (Wildman–Crippen LogP) is 3.27. The number of anilines is 1. The Labute approximate surface area is 212 Å². The SMILES string of the molecule is CCS(=O)(=O)N[C@@H]1CN2C(=O)N(c3noc4nc(OC)cc(-c5c(F)cc(F)cc5F)c34)CC[C@@H]2C1(F)F. The number of urea groups is 1. The summed E-state index contributed by atoms with van der Waals surface area (Å²) in [5.74, 6) is -8.07. The van der Waals surface area contributed by atoms with Crippen LogP contribution in [0.5, 0.6) is 5.88 Å². The molecule has 2 aliphatic heterocycles. The fourth-order valence-electron chi connectivity index (χ4n) is 4.76. The number of carbonyl (C=O) groups excluding carboxylic acids is 1. The van der Waals surface area contributed by atoms with Gasteiger partial charge in [-0.1, -0.05) is 5.16 Å². The highest BCUT2D eigenvalue weighted by Gasteiger charge is 2.60. The third-order valence-corrected chi connectivity index (χ3v) is 8.02. The van der Waals surface area contributed by atoms with E-state index in [1.807, 2.05) is 4.72 Å². The lowest BCUT2D eigenvalue weighted by Gasteiger charge is -2.37. The number of alkyl halides is 2. The van der Waals surface area contributed by atoms with Gasteiger partial charge in [-0.25, -0.2) is 39.9 Å². The molecule has 16 heteroatoms. The standard InChI is InChI=1S/C22H20F5N5O5S/c1-3-38(34,35)30-14-9-32-15(22(14,26)27)4-5-31(21(32)33)19-18-11(8-16(36-2)28-20(18)37-29-19)17-12(24)6-10(23)7-13(17)25/h6-8,14-15,30H,3-5,9H2,1-2H3/t14-,15-/m1/s1. The fraction of sp³-hybridized carbons (Fsp3) is 0.409. The minimum Gasteiger partial charge on any atom is -0.481 e. The third-order valence-electron chi connectivity index (χ3n) is 6.61. The second kappa shape index (κ2) is 9.04. The number of hydrogen-bond donors (Lipinski definition) is 1. The Morgan fingerprint density at radius 1 is 1.21 bits per heavy atom. The summed E-state index contributed by atoms with van der Waals surface area (Å²) in [6, 6.07) is -2.33. The third kappa shape index (κ3) is 4.11. The Morgan fingerprint density at radius 3 is 2.53 bits per heavy atom. The minimum absolute atomic E-state index is 0.131. The molecule has 2 aromatic heterocycles. The maximum Gasteiger partial charge on any atom is 0.326 e. The highest BCUT2D eigenvalue weighted by Crippen LogP contribution is 2.43. The van der Waals surface area contributed by atoms with Crippen LogP contribution in [0.25, 0.3) is 22.2 Å². The molecule has 2 amide bonds. The Kier molecular flexibility index (Phi) is 6.21. The molecule has 2 saturated heterocycles. The highest BCUT2D eigenvalue weighted by molar-refractivity contribution is 7.89. The van der Waals surface area contributed by atoms with Gasteiger partial charge in [0.2, 0.25) is 15.9 Å². The number of pyridine rings is 1. The minimum atomic E-state index is -4.00. The lowest BCUT2D eigenvalue weighted by atomic mass is 10.0. The van der Waals surface area contributed by atoms with Crippen molar-refractivity contribution in [2.24, 2.45) is 0 Å². The van der Waals surface area contributed by atoms with Gasteiger partial charge in [-0.15, -0.1) is 0 Å². The summed E-state index contributed by atoms with van der Waals surface area (Å²) in [5, 5.41) is 3.68. The van der Waals surface area contributed by atoms with Crippen LogP contribution in [0, 0.1) is 17.5 Å². The van der Waals surface area contributed by atoms with Crippen LogP contribution in [0.2, 0.25) is 0 Å². The molecule has 0 aliphatic carbocycles. The van der Waals surface area contributed by atoms with Crippen molar-refractivity contribution in [1.82, 2.24) is 19.8 Å². The zero-order valence-corrected chi connectivity index (χ0v) is 20.7. The maximum absolute atomic E-state index is 15.1. The van der Waals surface area contributed by atoms with Crippen LogP contribution in [-0.4, -0.2) is 73.4 Å². The second-order valence-corrected chi connectivity index (χ2v) is 10.8. The van der Waals surface area contributed by atoms with E-state index in [1.54, 1.807) is 0 Å². The van der Waals surface area contributed by atoms with Gasteiger partial charge in [0, 0.05) is 36.9 Å². The molecule has 0 spiro atoms. The van der Waals surface area contributed by atoms with E-state index in [4.69, 9.17) is 9.26 Å². The van der Waals surface area contributed by atoms with Crippen LogP contribution < -0.4 is 14.4 Å². The molecule has 2 fully saturated rings. The molecule has 10 nitrogen and oxygen atoms in total. The number of hydrogen-bond acceptors (Lipinski definition) is 7. The number of carbonyl (C=O) groups is 1. The van der Waals surface area contributed by atoms with Crippen molar-refractivity contribution < 1.29 is 44.4 Å². The Balaban J connectivity index is 1.59. The first-order valence-corrected chi connectivity index (χ1v) is 13.0. The van der Waals surface area contributed by atoms with Crippen LogP contribution in [0.15, 0.2) is 22.7 Å². The molecule has 3 aromatic rings. The molecule has 1 N–H and O–H groups in total. The molecule has 0 radical (unpaired) electrons. The molecule has 2 atom stereocenters. The number of nitrogens with one attached hydrogen (secondary N) is 1. The van der Waals surface area contributed by atoms with E-state index in [2.05, 4.69) is 10.1 Å². The second-order valence-electron chi connectivity index (χ2n) is 8.78. The van der Waals surface area contributed by atoms with E-state index in [9.17, 15) is 26.4 Å². The van der Waals surface area contributed by atoms with Crippen molar-refractivity contribution in [1.29, 1.82) is 0 Å². The zero-order valence-electron chi connectivity index (χ0n) is 19.8. The molecule has 4 heterocycles. The van der Waals surface area contributed by atoms with Gasteiger partial charge in [-0.3, -0.25) is 4.90 Å². The zero-order chi connectivity index (χ0) is 27.6. The van der Waals surface area contributed by atoms with E-state index in [1.165, 1.54) is 14.0 Å². The molecule has 1 aromatic carbocycles. The fourth-order valence-corrected chi connectivity index (χ4v) is 5.59. The number of benzene rings is 1. The summed E-state index contributed by atoms with van der Waals surface area (Å²) < 4.78 is 109. The number of methoxy groups -OCH3 is 1. The van der Waals surface area contributed by atoms with Gasteiger partial charge in [0.05, 0.1) is 23.8 Å². The topological polar surface area (TPSA) is 118 Å². The molecule has 0 bridgehead atoms. The molecule has 0 unspecified atom stereocenters. The van der Waals surface area contributed by atoms with Crippen LogP contribution in [0.1, 0.15) is 13.3 Å². The largest absolute Gasteiger partial charge is 0.481 e. The lowest BCUT2D eigenvalue weighted by molar-refractivity contribution is -0.0448. The van der Waals surface area contributed by atoms with Gasteiger partial charge in [-0.2, -0.15) is 4.98 Å². The summed E-state index contributed by atoms with van der Waals surface area (Å²) in [7, 11) is -2.77. The van der Waals surface area contributed by atoms with Gasteiger partial charge in [0.25, 0.3) is 11.6 Å². The van der Waals surface area contributed by atoms with Gasteiger partial charge in [0.15, 0.2) is 5.82 Å². The summed E-state index contributed by atoms with van der Waals surface area (Å²) in [6.07, 6.45) is -0.282. The van der Waals surface area contributed by atoms with E-state index in [-0.39, 0.29) is 41.3 Å². The van der Waals surface area contributed by atoms with Crippen LogP contribution in [-0.2, 0) is 10.0 Å². The van der Waals surface area contributed by atoms with Gasteiger partial charge in [0.1, 0.15) is 29.5 Å². The first kappa shape index (κ1) is 26.1. The van der Waals surface area contributed by atoms with Crippen molar-refractivity contribution in [2.75, 3.05) is 30.9 Å². The average Bonchev–Trinajstić information content (AvgIpc) is 3.37. The molecular weight excluding hydrogens is 541 g/mol. The number of rotatable bonds is 6. The molecule has 204 valence electrons. The van der Waals surface area contributed by atoms with Crippen molar-refractivity contribution in [3.8, 4) is 17.0 Å². The number of fused-ring (bicyclic) bond motifs is 2. The number of sulfonamides is 1. The monoisotopic (exact) mass is 561 g/mol. The summed E-state index contributed by atoms with van der Waals surface area (Å²) >= 11 is 0. The molecule has 5 rings (SSSR count). The number of nitrogens with zero attached hydrogens (tertiary/aromatic N) is 4. The van der Waals surface area contributed by atoms with Crippen molar-refractivity contribution in [2.45, 2.75) is 31.4 Å². The smallest absolute Gasteiger partial charge is 0.326 e. The number of halogens is 5. The van der Waals surface area contributed by atoms with E-state index in [0.29, 0.717) is 12.1 Å². The molecular formula is C22H20F5N5O5S. The van der Waals surface area contributed by atoms with Gasteiger partial charge >= 0.3 is 6.03 Å². The molecule has 38 heavy (non-hydrogen) atoms. The summed E-state index contributed by atoms with van der Waals surface area (Å²) in [6.45, 7) is 0.366. The van der Waals surface area contributed by atoms with Gasteiger partial charge in [-0.05, 0) is 13.3 Å². The average molecular weight is 561 g/mol. The van der Waals surface area contributed by atoms with E-state index >= 15 is 8.78 Å². The Bertz CT molecular complexity index is 1530. The van der Waals surface area contributed by atoms with Crippen molar-refractivity contribution in [3.63, 3.8) is 0 Å². The quantitative estimate of drug-likeness (QED) is 0.459. The van der Waals surface area contributed by atoms with E-state index in [0.717, 1.165) is 15.9 Å². The van der Waals surface area contributed by atoms with Crippen LogP contribution in [0.4, 0.5) is 32.6 Å². The van der Waals surface area contributed by atoms with Crippen LogP contribution in [0.3, 0.4) is 0 Å². The number of ether oxygens (including phenoxy) is 1. The van der Waals surface area contributed by atoms with Crippen molar-refractivity contribution in [3.05, 3.63) is 35.7 Å². The van der Waals surface area contributed by atoms with Crippen molar-refractivity contribution >= 4 is 33.0 Å².